The van der Waals surface area contributed by atoms with Crippen LogP contribution in [0.1, 0.15) is 6.42 Å². The van der Waals surface area contributed by atoms with E-state index in [1.54, 1.807) is 0 Å². The van der Waals surface area contributed by atoms with Crippen molar-refractivity contribution in [2.45, 2.75) is 6.42 Å². The first-order chi connectivity index (χ1) is 5.66. The SMILES string of the molecule is CNC(=O)OCCCOC(N)=O. The monoisotopic (exact) mass is 176 g/mol. The van der Waals surface area contributed by atoms with Gasteiger partial charge in [0.2, 0.25) is 0 Å². The molecule has 2 amide bonds. The molecule has 0 unspecified atom stereocenters. The molecule has 0 rings (SSSR count). The predicted molar refractivity (Wildman–Crippen MR) is 40.6 cm³/mol. The molecule has 6 nitrogen and oxygen atoms in total. The van der Waals surface area contributed by atoms with Crippen molar-refractivity contribution in [2.75, 3.05) is 20.3 Å². The summed E-state index contributed by atoms with van der Waals surface area (Å²) in [5.41, 5.74) is 4.68. The third kappa shape index (κ3) is 6.66. The highest BCUT2D eigenvalue weighted by Crippen LogP contribution is 1.85. The Balaban J connectivity index is 3.11. The lowest BCUT2D eigenvalue weighted by molar-refractivity contribution is 0.124. The number of primary amides is 1. The number of alkyl carbamates (subject to hydrolysis) is 1. The van der Waals surface area contributed by atoms with E-state index in [0.29, 0.717) is 6.42 Å². The molecule has 70 valence electrons. The van der Waals surface area contributed by atoms with Crippen LogP contribution in [0, 0.1) is 0 Å². The van der Waals surface area contributed by atoms with E-state index < -0.39 is 12.2 Å². The molecule has 0 aliphatic heterocycles. The Kier molecular flexibility index (Phi) is 5.50. The Bertz CT molecular complexity index is 160. The summed E-state index contributed by atoms with van der Waals surface area (Å²) < 4.78 is 8.98. The molecule has 0 radical (unpaired) electrons. The fourth-order valence-electron chi connectivity index (χ4n) is 0.469. The number of carbonyl (C=O) groups excluding carboxylic acids is 2. The summed E-state index contributed by atoms with van der Waals surface area (Å²) in [4.78, 5) is 20.5. The molecule has 0 aromatic carbocycles. The number of nitrogens with two attached hydrogens (primary N) is 1. The van der Waals surface area contributed by atoms with Crippen LogP contribution in [-0.4, -0.2) is 32.4 Å². The largest absolute Gasteiger partial charge is 0.450 e. The van der Waals surface area contributed by atoms with Gasteiger partial charge in [0.05, 0.1) is 13.2 Å². The third-order valence-corrected chi connectivity index (χ3v) is 0.970. The van der Waals surface area contributed by atoms with Gasteiger partial charge in [-0.2, -0.15) is 0 Å². The van der Waals surface area contributed by atoms with Crippen LogP contribution >= 0.6 is 0 Å². The van der Waals surface area contributed by atoms with E-state index in [0.717, 1.165) is 0 Å². The van der Waals surface area contributed by atoms with E-state index in [4.69, 9.17) is 0 Å². The fourth-order valence-corrected chi connectivity index (χ4v) is 0.469. The number of nitrogens with one attached hydrogen (secondary N) is 1. The minimum atomic E-state index is -0.824. The molecule has 0 saturated heterocycles. The molecule has 0 spiro atoms. The van der Waals surface area contributed by atoms with Crippen LogP contribution in [0.25, 0.3) is 0 Å². The summed E-state index contributed by atoms with van der Waals surface area (Å²) in [6.45, 7) is 0.360. The Morgan fingerprint density at radius 3 is 2.42 bits per heavy atom. The van der Waals surface area contributed by atoms with Gasteiger partial charge in [0, 0.05) is 13.5 Å². The van der Waals surface area contributed by atoms with Crippen molar-refractivity contribution in [1.82, 2.24) is 5.32 Å². The Morgan fingerprint density at radius 2 is 1.92 bits per heavy atom. The first-order valence-corrected chi connectivity index (χ1v) is 3.43. The number of hydrogen-bond acceptors (Lipinski definition) is 4. The summed E-state index contributed by atoms with van der Waals surface area (Å²) in [6.07, 6.45) is -0.889. The average molecular weight is 176 g/mol. The van der Waals surface area contributed by atoms with Gasteiger partial charge in [-0.25, -0.2) is 9.59 Å². The molecule has 0 saturated carbocycles. The quantitative estimate of drug-likeness (QED) is 0.581. The van der Waals surface area contributed by atoms with Crippen LogP contribution in [-0.2, 0) is 9.47 Å². The predicted octanol–water partition coefficient (Wildman–Crippen LogP) is -0.172. The maximum absolute atomic E-state index is 10.4. The average Bonchev–Trinajstić information content (AvgIpc) is 2.03. The molecule has 0 bridgehead atoms. The van der Waals surface area contributed by atoms with Crippen LogP contribution in [0.3, 0.4) is 0 Å². The van der Waals surface area contributed by atoms with Crippen molar-refractivity contribution in [1.29, 1.82) is 0 Å². The normalized spacial score (nSPS) is 8.75. The van der Waals surface area contributed by atoms with E-state index in [2.05, 4.69) is 20.5 Å². The van der Waals surface area contributed by atoms with E-state index in [9.17, 15) is 9.59 Å². The van der Waals surface area contributed by atoms with Crippen LogP contribution in [0.5, 0.6) is 0 Å². The lowest BCUT2D eigenvalue weighted by atomic mass is 10.5. The summed E-state index contributed by atoms with van der Waals surface area (Å²) in [7, 11) is 1.46. The van der Waals surface area contributed by atoms with Crippen LogP contribution < -0.4 is 11.1 Å². The summed E-state index contributed by atoms with van der Waals surface area (Å²) in [6, 6.07) is 0. The highest BCUT2D eigenvalue weighted by molar-refractivity contribution is 5.66. The standard InChI is InChI=1S/C6H12N2O4/c1-8-6(10)12-4-2-3-11-5(7)9/h2-4H2,1H3,(H2,7,9)(H,8,10). The van der Waals surface area contributed by atoms with Gasteiger partial charge in [0.25, 0.3) is 0 Å². The maximum atomic E-state index is 10.4. The van der Waals surface area contributed by atoms with Gasteiger partial charge in [-0.15, -0.1) is 0 Å². The second-order valence-electron chi connectivity index (χ2n) is 1.91. The fraction of sp³-hybridized carbons (Fsp3) is 0.667. The Hall–Kier alpha value is -1.46. The molecule has 0 atom stereocenters. The molecule has 0 aliphatic rings. The molecule has 0 fully saturated rings. The minimum Gasteiger partial charge on any atom is -0.450 e. The summed E-state index contributed by atoms with van der Waals surface area (Å²) in [5.74, 6) is 0. The summed E-state index contributed by atoms with van der Waals surface area (Å²) >= 11 is 0. The smallest absolute Gasteiger partial charge is 0.406 e. The second-order valence-corrected chi connectivity index (χ2v) is 1.91. The van der Waals surface area contributed by atoms with E-state index >= 15 is 0 Å². The lowest BCUT2D eigenvalue weighted by Crippen LogP contribution is -2.20. The molecule has 3 N–H and O–H groups in total. The highest BCUT2D eigenvalue weighted by Gasteiger charge is 1.97. The minimum absolute atomic E-state index is 0.159. The molecule has 0 aromatic heterocycles. The number of carbonyl (C=O) groups is 2. The molecule has 0 aromatic rings. The van der Waals surface area contributed by atoms with Crippen LogP contribution in [0.2, 0.25) is 0 Å². The molecule has 0 aliphatic carbocycles. The van der Waals surface area contributed by atoms with Crippen molar-refractivity contribution in [3.63, 3.8) is 0 Å². The Labute approximate surface area is 70.0 Å². The van der Waals surface area contributed by atoms with Gasteiger partial charge >= 0.3 is 12.2 Å². The van der Waals surface area contributed by atoms with Gasteiger partial charge in [0.1, 0.15) is 0 Å². The van der Waals surface area contributed by atoms with Crippen molar-refractivity contribution in [3.05, 3.63) is 0 Å². The molecule has 6 heteroatoms. The van der Waals surface area contributed by atoms with Crippen molar-refractivity contribution in [2.24, 2.45) is 5.73 Å². The molecular formula is C6H12N2O4. The highest BCUT2D eigenvalue weighted by atomic mass is 16.6. The zero-order chi connectivity index (χ0) is 9.40. The first-order valence-electron chi connectivity index (χ1n) is 3.43. The van der Waals surface area contributed by atoms with E-state index in [1.165, 1.54) is 7.05 Å². The van der Waals surface area contributed by atoms with Crippen molar-refractivity contribution < 1.29 is 19.1 Å². The number of rotatable bonds is 4. The number of amides is 2. The second kappa shape index (κ2) is 6.26. The van der Waals surface area contributed by atoms with Crippen LogP contribution in [0.4, 0.5) is 9.59 Å². The molecular weight excluding hydrogens is 164 g/mol. The van der Waals surface area contributed by atoms with E-state index in [-0.39, 0.29) is 13.2 Å². The maximum Gasteiger partial charge on any atom is 0.406 e. The van der Waals surface area contributed by atoms with Gasteiger partial charge < -0.3 is 20.5 Å². The van der Waals surface area contributed by atoms with Gasteiger partial charge in [0.15, 0.2) is 0 Å². The van der Waals surface area contributed by atoms with Gasteiger partial charge in [-0.05, 0) is 0 Å². The molecule has 12 heavy (non-hydrogen) atoms. The van der Waals surface area contributed by atoms with Crippen molar-refractivity contribution in [3.8, 4) is 0 Å². The molecule has 0 heterocycles. The third-order valence-electron chi connectivity index (χ3n) is 0.970. The summed E-state index contributed by atoms with van der Waals surface area (Å²) in [5, 5.41) is 2.27. The van der Waals surface area contributed by atoms with Crippen LogP contribution in [0.15, 0.2) is 0 Å². The zero-order valence-electron chi connectivity index (χ0n) is 6.83. The van der Waals surface area contributed by atoms with Gasteiger partial charge in [-0.1, -0.05) is 0 Å². The number of ether oxygens (including phenoxy) is 2. The first kappa shape index (κ1) is 10.5. The zero-order valence-corrected chi connectivity index (χ0v) is 6.83. The topological polar surface area (TPSA) is 90.7 Å². The lowest BCUT2D eigenvalue weighted by Gasteiger charge is -2.03. The van der Waals surface area contributed by atoms with Crippen molar-refractivity contribution >= 4 is 12.2 Å². The van der Waals surface area contributed by atoms with E-state index in [1.807, 2.05) is 0 Å². The number of hydrogen-bond donors (Lipinski definition) is 2. The van der Waals surface area contributed by atoms with Gasteiger partial charge in [-0.3, -0.25) is 0 Å². The Morgan fingerprint density at radius 1 is 1.33 bits per heavy atom.